The van der Waals surface area contributed by atoms with Gasteiger partial charge in [0.15, 0.2) is 5.78 Å². The summed E-state index contributed by atoms with van der Waals surface area (Å²) in [5, 5.41) is 10.9. The third kappa shape index (κ3) is 3.39. The Kier molecular flexibility index (Phi) is 4.86. The summed E-state index contributed by atoms with van der Waals surface area (Å²) in [7, 11) is 0. The predicted molar refractivity (Wildman–Crippen MR) is 126 cm³/mol. The molecule has 1 saturated heterocycles. The van der Waals surface area contributed by atoms with Gasteiger partial charge in [-0.25, -0.2) is 0 Å². The van der Waals surface area contributed by atoms with Crippen molar-refractivity contribution >= 4 is 28.3 Å². The number of aromatic nitrogens is 1. The molecule has 0 bridgehead atoms. The van der Waals surface area contributed by atoms with E-state index in [1.807, 2.05) is 36.4 Å². The molecular weight excluding hydrogens is 402 g/mol. The lowest BCUT2D eigenvalue weighted by molar-refractivity contribution is 0.0911. The van der Waals surface area contributed by atoms with E-state index in [1.54, 1.807) is 6.07 Å². The molecule has 3 N–H and O–H groups in total. The van der Waals surface area contributed by atoms with Crippen LogP contribution in [-0.2, 0) is 6.42 Å². The fourth-order valence-electron chi connectivity index (χ4n) is 5.34. The standard InChI is InChI=1S/C26H29N3O3/c1-26(2)14-22-24(23(31)15-26)18-5-3-4-6-20(18)29(22)16-7-8-19(25(27)32)21(13-16)28-11-9-17(30)10-12-28/h3-8,13,17,30H,9-12,14-15H2,1-2H3,(H2,27,32). The minimum absolute atomic E-state index is 0.116. The zero-order chi connectivity index (χ0) is 22.6. The van der Waals surface area contributed by atoms with Gasteiger partial charge >= 0.3 is 0 Å². The Morgan fingerprint density at radius 3 is 2.53 bits per heavy atom. The van der Waals surface area contributed by atoms with Crippen LogP contribution in [0.1, 0.15) is 59.5 Å². The molecule has 1 fully saturated rings. The van der Waals surface area contributed by atoms with E-state index in [4.69, 9.17) is 5.73 Å². The fourth-order valence-corrected chi connectivity index (χ4v) is 5.34. The highest BCUT2D eigenvalue weighted by Crippen LogP contribution is 2.41. The maximum Gasteiger partial charge on any atom is 0.250 e. The Morgan fingerprint density at radius 1 is 1.09 bits per heavy atom. The molecule has 5 rings (SSSR count). The number of fused-ring (bicyclic) bond motifs is 3. The van der Waals surface area contributed by atoms with Crippen LogP contribution in [-0.4, -0.2) is 40.6 Å². The van der Waals surface area contributed by atoms with Crippen LogP contribution >= 0.6 is 0 Å². The summed E-state index contributed by atoms with van der Waals surface area (Å²) in [4.78, 5) is 27.5. The van der Waals surface area contributed by atoms with Crippen molar-refractivity contribution in [2.75, 3.05) is 18.0 Å². The summed E-state index contributed by atoms with van der Waals surface area (Å²) in [6, 6.07) is 13.7. The topological polar surface area (TPSA) is 88.6 Å². The number of Topliss-reactive ketones (excluding diaryl/α,β-unsaturated/α-hetero) is 1. The van der Waals surface area contributed by atoms with E-state index in [0.29, 0.717) is 37.9 Å². The van der Waals surface area contributed by atoms with Crippen molar-refractivity contribution in [2.24, 2.45) is 11.1 Å². The van der Waals surface area contributed by atoms with Gasteiger partial charge in [0.25, 0.3) is 5.91 Å². The minimum atomic E-state index is -0.464. The van der Waals surface area contributed by atoms with E-state index in [-0.39, 0.29) is 17.3 Å². The van der Waals surface area contributed by atoms with Crippen LogP contribution < -0.4 is 10.6 Å². The van der Waals surface area contributed by atoms with Crippen molar-refractivity contribution < 1.29 is 14.7 Å². The SMILES string of the molecule is CC1(C)CC(=O)c2c(n(-c3ccc(C(N)=O)c(N4CCC(O)CC4)c3)c3ccccc23)C1. The van der Waals surface area contributed by atoms with Gasteiger partial charge in [0.1, 0.15) is 0 Å². The van der Waals surface area contributed by atoms with Gasteiger partial charge < -0.3 is 20.3 Å². The zero-order valence-corrected chi connectivity index (χ0v) is 18.6. The number of nitrogens with zero attached hydrogens (tertiary/aromatic N) is 2. The maximum absolute atomic E-state index is 13.1. The van der Waals surface area contributed by atoms with Crippen molar-refractivity contribution in [3.8, 4) is 5.69 Å². The third-order valence-corrected chi connectivity index (χ3v) is 6.85. The molecule has 1 aromatic heterocycles. The van der Waals surface area contributed by atoms with Crippen molar-refractivity contribution in [1.29, 1.82) is 0 Å². The zero-order valence-electron chi connectivity index (χ0n) is 18.6. The number of ketones is 1. The molecule has 0 radical (unpaired) electrons. The molecule has 32 heavy (non-hydrogen) atoms. The maximum atomic E-state index is 13.1. The largest absolute Gasteiger partial charge is 0.393 e. The summed E-state index contributed by atoms with van der Waals surface area (Å²) in [6.45, 7) is 5.61. The number of primary amides is 1. The Hall–Kier alpha value is -3.12. The monoisotopic (exact) mass is 431 g/mol. The average molecular weight is 432 g/mol. The molecule has 0 unspecified atom stereocenters. The molecule has 1 aliphatic heterocycles. The normalized spacial score (nSPS) is 18.7. The highest BCUT2D eigenvalue weighted by atomic mass is 16.3. The van der Waals surface area contributed by atoms with Crippen molar-refractivity contribution in [3.05, 3.63) is 59.3 Å². The Bertz CT molecular complexity index is 1230. The molecule has 0 spiro atoms. The number of hydrogen-bond donors (Lipinski definition) is 2. The first-order chi connectivity index (χ1) is 15.2. The van der Waals surface area contributed by atoms with Crippen LogP contribution in [0, 0.1) is 5.41 Å². The highest BCUT2D eigenvalue weighted by molar-refractivity contribution is 6.11. The number of aliphatic hydroxyl groups excluding tert-OH is 1. The van der Waals surface area contributed by atoms with Gasteiger partial charge in [0, 0.05) is 41.8 Å². The van der Waals surface area contributed by atoms with Gasteiger partial charge in [0.2, 0.25) is 0 Å². The number of hydrogen-bond acceptors (Lipinski definition) is 4. The van der Waals surface area contributed by atoms with E-state index in [9.17, 15) is 14.7 Å². The number of carbonyl (C=O) groups excluding carboxylic acids is 2. The molecule has 2 aromatic carbocycles. The second-order valence-electron chi connectivity index (χ2n) is 9.90. The Labute approximate surface area is 187 Å². The first-order valence-corrected chi connectivity index (χ1v) is 11.3. The van der Waals surface area contributed by atoms with Gasteiger partial charge in [-0.05, 0) is 48.9 Å². The highest BCUT2D eigenvalue weighted by Gasteiger charge is 2.36. The lowest BCUT2D eigenvalue weighted by atomic mass is 9.75. The molecule has 1 aliphatic carbocycles. The lowest BCUT2D eigenvalue weighted by Crippen LogP contribution is -2.37. The molecule has 0 saturated carbocycles. The molecule has 2 aliphatic rings. The molecule has 3 aromatic rings. The number of piperidine rings is 1. The molecule has 6 nitrogen and oxygen atoms in total. The van der Waals surface area contributed by atoms with Crippen LogP contribution in [0.4, 0.5) is 5.69 Å². The summed E-state index contributed by atoms with van der Waals surface area (Å²) >= 11 is 0. The number of rotatable bonds is 3. The van der Waals surface area contributed by atoms with Crippen LogP contribution in [0.5, 0.6) is 0 Å². The number of amides is 1. The summed E-state index contributed by atoms with van der Waals surface area (Å²) in [5.74, 6) is -0.279. The second-order valence-corrected chi connectivity index (χ2v) is 9.90. The number of para-hydroxylation sites is 1. The molecule has 1 amide bonds. The number of benzene rings is 2. The summed E-state index contributed by atoms with van der Waals surface area (Å²) < 4.78 is 2.18. The van der Waals surface area contributed by atoms with Crippen LogP contribution in [0.25, 0.3) is 16.6 Å². The number of carbonyl (C=O) groups is 2. The second kappa shape index (κ2) is 7.48. The van der Waals surface area contributed by atoms with Gasteiger partial charge in [-0.2, -0.15) is 0 Å². The van der Waals surface area contributed by atoms with Crippen molar-refractivity contribution in [1.82, 2.24) is 4.57 Å². The van der Waals surface area contributed by atoms with Crippen LogP contribution in [0.2, 0.25) is 0 Å². The van der Waals surface area contributed by atoms with Gasteiger partial charge in [0.05, 0.1) is 22.9 Å². The summed E-state index contributed by atoms with van der Waals surface area (Å²) in [5.41, 5.74) is 10.6. The number of anilines is 1. The lowest BCUT2D eigenvalue weighted by Gasteiger charge is -2.33. The van der Waals surface area contributed by atoms with Crippen LogP contribution in [0.15, 0.2) is 42.5 Å². The van der Waals surface area contributed by atoms with E-state index in [2.05, 4.69) is 23.3 Å². The van der Waals surface area contributed by atoms with E-state index >= 15 is 0 Å². The van der Waals surface area contributed by atoms with Crippen molar-refractivity contribution in [3.63, 3.8) is 0 Å². The van der Waals surface area contributed by atoms with Gasteiger partial charge in [-0.1, -0.05) is 32.0 Å². The average Bonchev–Trinajstić information content (AvgIpc) is 3.06. The molecule has 166 valence electrons. The minimum Gasteiger partial charge on any atom is -0.393 e. The molecule has 2 heterocycles. The van der Waals surface area contributed by atoms with Gasteiger partial charge in [-0.15, -0.1) is 0 Å². The first-order valence-electron chi connectivity index (χ1n) is 11.3. The van der Waals surface area contributed by atoms with Crippen molar-refractivity contribution in [2.45, 2.75) is 45.6 Å². The molecule has 6 heteroatoms. The summed E-state index contributed by atoms with van der Waals surface area (Å²) in [6.07, 6.45) is 2.35. The van der Waals surface area contributed by atoms with Crippen LogP contribution in [0.3, 0.4) is 0 Å². The fraction of sp³-hybridized carbons (Fsp3) is 0.385. The smallest absolute Gasteiger partial charge is 0.250 e. The third-order valence-electron chi connectivity index (χ3n) is 6.85. The van der Waals surface area contributed by atoms with E-state index < -0.39 is 5.91 Å². The Morgan fingerprint density at radius 2 is 1.81 bits per heavy atom. The number of nitrogens with two attached hydrogens (primary N) is 1. The number of aliphatic hydroxyl groups is 1. The van der Waals surface area contributed by atoms with Gasteiger partial charge in [-0.3, -0.25) is 9.59 Å². The molecule has 0 atom stereocenters. The van der Waals surface area contributed by atoms with E-state index in [1.165, 1.54) is 0 Å². The van der Waals surface area contributed by atoms with E-state index in [0.717, 1.165) is 40.0 Å². The Balaban J connectivity index is 1.72. The first kappa shape index (κ1) is 20.8. The molecular formula is C26H29N3O3. The quantitative estimate of drug-likeness (QED) is 0.659. The predicted octanol–water partition coefficient (Wildman–Crippen LogP) is 3.85.